The summed E-state index contributed by atoms with van der Waals surface area (Å²) in [5, 5.41) is 25.4. The Morgan fingerprint density at radius 3 is 3.09 bits per heavy atom. The molecule has 1 amide bonds. The van der Waals surface area contributed by atoms with Crippen LogP contribution in [-0.4, -0.2) is 33.1 Å². The van der Waals surface area contributed by atoms with Crippen molar-refractivity contribution in [3.8, 4) is 6.07 Å². The summed E-state index contributed by atoms with van der Waals surface area (Å²) < 4.78 is 0. The highest BCUT2D eigenvalue weighted by molar-refractivity contribution is 5.94. The van der Waals surface area contributed by atoms with Crippen LogP contribution in [0.25, 0.3) is 5.57 Å². The van der Waals surface area contributed by atoms with Crippen molar-refractivity contribution in [3.05, 3.63) is 36.3 Å². The summed E-state index contributed by atoms with van der Waals surface area (Å²) >= 11 is 0. The van der Waals surface area contributed by atoms with Crippen LogP contribution in [0.4, 0.5) is 11.4 Å². The predicted octanol–water partition coefficient (Wildman–Crippen LogP) is 1.69. The fourth-order valence-corrected chi connectivity index (χ4v) is 2.42. The molecule has 116 valence electrons. The van der Waals surface area contributed by atoms with Crippen molar-refractivity contribution in [1.82, 2.24) is 20.6 Å². The molecule has 8 heteroatoms. The van der Waals surface area contributed by atoms with Crippen molar-refractivity contribution in [1.29, 1.82) is 5.26 Å². The first-order valence-corrected chi connectivity index (χ1v) is 7.29. The van der Waals surface area contributed by atoms with Crippen molar-refractivity contribution in [2.75, 3.05) is 16.8 Å². The summed E-state index contributed by atoms with van der Waals surface area (Å²) in [5.41, 5.74) is 1.89. The lowest BCUT2D eigenvalue weighted by atomic mass is 10.1. The molecule has 0 bridgehead atoms. The number of benzene rings is 1. The van der Waals surface area contributed by atoms with Gasteiger partial charge < -0.3 is 10.2 Å². The number of amides is 1. The van der Waals surface area contributed by atoms with Gasteiger partial charge in [0.1, 0.15) is 11.6 Å². The van der Waals surface area contributed by atoms with Gasteiger partial charge in [0, 0.05) is 30.5 Å². The van der Waals surface area contributed by atoms with Gasteiger partial charge in [-0.15, -0.1) is 10.2 Å². The lowest BCUT2D eigenvalue weighted by Crippen LogP contribution is -2.35. The number of carbonyl (C=O) groups is 1. The van der Waals surface area contributed by atoms with Gasteiger partial charge in [-0.1, -0.05) is 6.07 Å². The zero-order valence-corrected chi connectivity index (χ0v) is 12.4. The summed E-state index contributed by atoms with van der Waals surface area (Å²) in [6, 6.07) is 9.52. The van der Waals surface area contributed by atoms with Gasteiger partial charge in [-0.25, -0.2) is 0 Å². The van der Waals surface area contributed by atoms with Crippen LogP contribution >= 0.6 is 0 Å². The molecule has 8 nitrogen and oxygen atoms in total. The number of aromatic nitrogens is 4. The molecule has 23 heavy (non-hydrogen) atoms. The molecule has 1 aromatic carbocycles. The van der Waals surface area contributed by atoms with E-state index in [1.54, 1.807) is 4.90 Å². The SMILES string of the molecule is N#CC(=CNc1cccc(N2CCCCC2=O)c1)c1nn[nH]n1. The Bertz CT molecular complexity index is 760. The summed E-state index contributed by atoms with van der Waals surface area (Å²) in [6.45, 7) is 0.741. The fourth-order valence-electron chi connectivity index (χ4n) is 2.42. The van der Waals surface area contributed by atoms with Gasteiger partial charge in [0.25, 0.3) is 0 Å². The number of allylic oxidation sites excluding steroid dienone is 1. The van der Waals surface area contributed by atoms with Crippen molar-refractivity contribution in [3.63, 3.8) is 0 Å². The third-order valence-electron chi connectivity index (χ3n) is 3.57. The van der Waals surface area contributed by atoms with Gasteiger partial charge in [-0.3, -0.25) is 4.79 Å². The maximum atomic E-state index is 12.0. The summed E-state index contributed by atoms with van der Waals surface area (Å²) in [7, 11) is 0. The molecule has 0 atom stereocenters. The van der Waals surface area contributed by atoms with E-state index in [1.165, 1.54) is 6.20 Å². The first-order chi connectivity index (χ1) is 11.3. The van der Waals surface area contributed by atoms with Gasteiger partial charge in [-0.2, -0.15) is 10.5 Å². The topological polar surface area (TPSA) is 111 Å². The van der Waals surface area contributed by atoms with E-state index in [9.17, 15) is 4.79 Å². The number of rotatable bonds is 4. The number of anilines is 2. The smallest absolute Gasteiger partial charge is 0.226 e. The minimum Gasteiger partial charge on any atom is -0.360 e. The molecule has 1 aliphatic rings. The number of nitrogens with one attached hydrogen (secondary N) is 2. The zero-order chi connectivity index (χ0) is 16.1. The largest absolute Gasteiger partial charge is 0.360 e. The van der Waals surface area contributed by atoms with E-state index in [2.05, 4.69) is 25.9 Å². The predicted molar refractivity (Wildman–Crippen MR) is 84.0 cm³/mol. The first kappa shape index (κ1) is 14.7. The third-order valence-corrected chi connectivity index (χ3v) is 3.57. The van der Waals surface area contributed by atoms with Crippen molar-refractivity contribution in [2.24, 2.45) is 0 Å². The maximum Gasteiger partial charge on any atom is 0.226 e. The average Bonchev–Trinajstić information content (AvgIpc) is 3.11. The van der Waals surface area contributed by atoms with Crippen LogP contribution in [0.1, 0.15) is 25.1 Å². The number of nitriles is 1. The Balaban J connectivity index is 1.78. The second kappa shape index (κ2) is 6.70. The standard InChI is InChI=1S/C15H15N7O/c16-9-11(15-18-20-21-19-15)10-17-12-4-3-5-13(8-12)22-7-2-1-6-14(22)23/h3-5,8,10,17H,1-2,6-7H2,(H,18,19,20,21). The van der Waals surface area contributed by atoms with Crippen molar-refractivity contribution >= 4 is 22.9 Å². The highest BCUT2D eigenvalue weighted by atomic mass is 16.2. The molecule has 1 aliphatic heterocycles. The number of carbonyl (C=O) groups excluding carboxylic acids is 1. The van der Waals surface area contributed by atoms with Gasteiger partial charge >= 0.3 is 0 Å². The van der Waals surface area contributed by atoms with Crippen molar-refractivity contribution < 1.29 is 4.79 Å². The van der Waals surface area contributed by atoms with E-state index in [1.807, 2.05) is 30.3 Å². The minimum absolute atomic E-state index is 0.147. The van der Waals surface area contributed by atoms with Crippen LogP contribution in [0.5, 0.6) is 0 Å². The third kappa shape index (κ3) is 3.35. The second-order valence-electron chi connectivity index (χ2n) is 5.10. The van der Waals surface area contributed by atoms with Gasteiger partial charge in [0.05, 0.1) is 0 Å². The summed E-state index contributed by atoms with van der Waals surface area (Å²) in [4.78, 5) is 13.8. The average molecular weight is 309 g/mol. The molecule has 3 rings (SSSR count). The molecule has 0 unspecified atom stereocenters. The van der Waals surface area contributed by atoms with Crippen LogP contribution < -0.4 is 10.2 Å². The van der Waals surface area contributed by atoms with Crippen molar-refractivity contribution in [2.45, 2.75) is 19.3 Å². The Morgan fingerprint density at radius 2 is 2.35 bits per heavy atom. The molecule has 1 aromatic heterocycles. The van der Waals surface area contributed by atoms with Gasteiger partial charge in [0.15, 0.2) is 0 Å². The number of H-pyrrole nitrogens is 1. The normalized spacial score (nSPS) is 15.3. The molecule has 2 N–H and O–H groups in total. The maximum absolute atomic E-state index is 12.0. The summed E-state index contributed by atoms with van der Waals surface area (Å²) in [5.74, 6) is 0.371. The van der Waals surface area contributed by atoms with Crippen LogP contribution in [-0.2, 0) is 4.79 Å². The Kier molecular flexibility index (Phi) is 4.29. The zero-order valence-electron chi connectivity index (χ0n) is 12.4. The van der Waals surface area contributed by atoms with Gasteiger partial charge in [0.2, 0.25) is 11.7 Å². The molecule has 2 heterocycles. The molecular formula is C15H15N7O. The van der Waals surface area contributed by atoms with Gasteiger partial charge in [-0.05, 0) is 36.3 Å². The molecule has 2 aromatic rings. The number of piperidine rings is 1. The van der Waals surface area contributed by atoms with E-state index in [0.717, 1.165) is 30.8 Å². The Hall–Kier alpha value is -3.21. The lowest BCUT2D eigenvalue weighted by Gasteiger charge is -2.27. The quantitative estimate of drug-likeness (QED) is 0.831. The number of tetrazole rings is 1. The lowest BCUT2D eigenvalue weighted by molar-refractivity contribution is -0.119. The number of hydrogen-bond acceptors (Lipinski definition) is 6. The van der Waals surface area contributed by atoms with E-state index >= 15 is 0 Å². The highest BCUT2D eigenvalue weighted by Crippen LogP contribution is 2.24. The Labute approximate surface area is 132 Å². The fraction of sp³-hybridized carbons (Fsp3) is 0.267. The van der Waals surface area contributed by atoms with Crippen LogP contribution in [0.15, 0.2) is 30.5 Å². The molecule has 0 radical (unpaired) electrons. The molecule has 0 spiro atoms. The van der Waals surface area contributed by atoms with Crippen LogP contribution in [0.3, 0.4) is 0 Å². The highest BCUT2D eigenvalue weighted by Gasteiger charge is 2.19. The van der Waals surface area contributed by atoms with E-state index in [0.29, 0.717) is 6.42 Å². The molecular weight excluding hydrogens is 294 g/mol. The van der Waals surface area contributed by atoms with Crippen LogP contribution in [0, 0.1) is 11.3 Å². The monoisotopic (exact) mass is 309 g/mol. The number of aromatic amines is 1. The van der Waals surface area contributed by atoms with E-state index < -0.39 is 0 Å². The first-order valence-electron chi connectivity index (χ1n) is 7.29. The van der Waals surface area contributed by atoms with E-state index in [4.69, 9.17) is 5.26 Å². The number of hydrogen-bond donors (Lipinski definition) is 2. The molecule has 1 saturated heterocycles. The molecule has 1 fully saturated rings. The summed E-state index contributed by atoms with van der Waals surface area (Å²) in [6.07, 6.45) is 4.07. The minimum atomic E-state index is 0.147. The van der Waals surface area contributed by atoms with Crippen LogP contribution in [0.2, 0.25) is 0 Å². The molecule has 0 aliphatic carbocycles. The van der Waals surface area contributed by atoms with E-state index in [-0.39, 0.29) is 17.3 Å². The number of nitrogens with zero attached hydrogens (tertiary/aromatic N) is 5. The second-order valence-corrected chi connectivity index (χ2v) is 5.10. The Morgan fingerprint density at radius 1 is 1.43 bits per heavy atom. The molecule has 0 saturated carbocycles.